The number of carbonyl (C=O) groups excluding carboxylic acids is 1. The first-order chi connectivity index (χ1) is 9.24. The zero-order valence-electron chi connectivity index (χ0n) is 10.8. The number of nitrogens with one attached hydrogen (secondary N) is 2. The molecule has 0 fully saturated rings. The van der Waals surface area contributed by atoms with Crippen LogP contribution in [0.5, 0.6) is 0 Å². The molecule has 110 valence electrons. The van der Waals surface area contributed by atoms with E-state index in [-0.39, 0.29) is 23.0 Å². The van der Waals surface area contributed by atoms with Crippen LogP contribution in [0, 0.1) is 6.92 Å². The van der Waals surface area contributed by atoms with Gasteiger partial charge in [0.2, 0.25) is 10.0 Å². The lowest BCUT2D eigenvalue weighted by atomic mass is 10.1. The van der Waals surface area contributed by atoms with E-state index in [1.54, 1.807) is 19.1 Å². The first-order valence-corrected chi connectivity index (χ1v) is 7.56. The number of urea groups is 1. The summed E-state index contributed by atoms with van der Waals surface area (Å²) < 4.78 is 26.5. The summed E-state index contributed by atoms with van der Waals surface area (Å²) in [5.41, 5.74) is 11.5. The van der Waals surface area contributed by atoms with Gasteiger partial charge in [0.25, 0.3) is 0 Å². The Hall–Kier alpha value is -1.71. The number of thiocarbonyl (C=S) groups is 1. The van der Waals surface area contributed by atoms with Crippen molar-refractivity contribution in [2.24, 2.45) is 11.5 Å². The fourth-order valence-corrected chi connectivity index (χ4v) is 2.94. The van der Waals surface area contributed by atoms with Gasteiger partial charge in [0.05, 0.1) is 4.90 Å². The van der Waals surface area contributed by atoms with E-state index in [1.165, 1.54) is 6.07 Å². The standard InChI is InChI=1S/C11H16N4O3S2/c1-7-6-8(10(12)19)2-3-9(7)20(17,18)15-5-4-14-11(13)16/h2-3,6,15H,4-5H2,1H3,(H2,12,19)(H3,13,14,16). The predicted octanol–water partition coefficient (Wildman–Crippen LogP) is -0.424. The van der Waals surface area contributed by atoms with Gasteiger partial charge < -0.3 is 16.8 Å². The molecule has 0 aliphatic carbocycles. The summed E-state index contributed by atoms with van der Waals surface area (Å²) in [6.45, 7) is 1.80. The highest BCUT2D eigenvalue weighted by molar-refractivity contribution is 7.89. The highest BCUT2D eigenvalue weighted by Gasteiger charge is 2.16. The monoisotopic (exact) mass is 316 g/mol. The molecule has 6 N–H and O–H groups in total. The van der Waals surface area contributed by atoms with Crippen molar-refractivity contribution in [3.05, 3.63) is 29.3 Å². The lowest BCUT2D eigenvalue weighted by molar-refractivity contribution is 0.249. The van der Waals surface area contributed by atoms with Gasteiger partial charge in [-0.3, -0.25) is 0 Å². The summed E-state index contributed by atoms with van der Waals surface area (Å²) in [5.74, 6) is 0. The van der Waals surface area contributed by atoms with Crippen molar-refractivity contribution in [3.63, 3.8) is 0 Å². The van der Waals surface area contributed by atoms with E-state index in [2.05, 4.69) is 10.0 Å². The van der Waals surface area contributed by atoms with Crippen LogP contribution in [0.3, 0.4) is 0 Å². The quantitative estimate of drug-likeness (QED) is 0.418. The molecule has 0 radical (unpaired) electrons. The van der Waals surface area contributed by atoms with Crippen molar-refractivity contribution in [1.82, 2.24) is 10.0 Å². The minimum atomic E-state index is -3.66. The second kappa shape index (κ2) is 6.64. The summed E-state index contributed by atoms with van der Waals surface area (Å²) >= 11 is 4.83. The van der Waals surface area contributed by atoms with Gasteiger partial charge in [0.1, 0.15) is 4.99 Å². The SMILES string of the molecule is Cc1cc(C(N)=S)ccc1S(=O)(=O)NCCNC(N)=O. The number of carbonyl (C=O) groups is 1. The van der Waals surface area contributed by atoms with Gasteiger partial charge in [0.15, 0.2) is 0 Å². The number of sulfonamides is 1. The zero-order chi connectivity index (χ0) is 15.3. The van der Waals surface area contributed by atoms with Crippen LogP contribution in [0.1, 0.15) is 11.1 Å². The van der Waals surface area contributed by atoms with Crippen LogP contribution in [0.15, 0.2) is 23.1 Å². The van der Waals surface area contributed by atoms with Crippen LogP contribution in [0.25, 0.3) is 0 Å². The number of nitrogens with two attached hydrogens (primary N) is 2. The maximum Gasteiger partial charge on any atom is 0.312 e. The maximum absolute atomic E-state index is 12.1. The third-order valence-corrected chi connectivity index (χ3v) is 4.32. The number of rotatable bonds is 6. The molecule has 0 spiro atoms. The Labute approximate surface area is 122 Å². The molecule has 7 nitrogen and oxygen atoms in total. The Kier molecular flexibility index (Phi) is 5.43. The molecule has 0 aromatic heterocycles. The molecule has 0 bridgehead atoms. The predicted molar refractivity (Wildman–Crippen MR) is 79.8 cm³/mol. The molecular formula is C11H16N4O3S2. The van der Waals surface area contributed by atoms with E-state index in [0.29, 0.717) is 11.1 Å². The smallest absolute Gasteiger partial charge is 0.312 e. The Morgan fingerprint density at radius 3 is 2.45 bits per heavy atom. The number of primary amides is 1. The molecule has 9 heteroatoms. The van der Waals surface area contributed by atoms with Crippen LogP contribution in [-0.2, 0) is 10.0 Å². The van der Waals surface area contributed by atoms with Gasteiger partial charge in [-0.15, -0.1) is 0 Å². The van der Waals surface area contributed by atoms with Crippen molar-refractivity contribution in [2.45, 2.75) is 11.8 Å². The maximum atomic E-state index is 12.1. The average Bonchev–Trinajstić information content (AvgIpc) is 2.34. The Morgan fingerprint density at radius 1 is 1.30 bits per heavy atom. The number of hydrogen-bond acceptors (Lipinski definition) is 4. The fraction of sp³-hybridized carbons (Fsp3) is 0.273. The van der Waals surface area contributed by atoms with Gasteiger partial charge in [-0.05, 0) is 24.6 Å². The molecule has 1 aromatic carbocycles. The summed E-state index contributed by atoms with van der Waals surface area (Å²) in [7, 11) is -3.66. The second-order valence-corrected chi connectivity index (χ2v) is 6.21. The molecule has 0 saturated carbocycles. The van der Waals surface area contributed by atoms with Crippen molar-refractivity contribution >= 4 is 33.3 Å². The number of aryl methyl sites for hydroxylation is 1. The molecule has 0 aliphatic rings. The van der Waals surface area contributed by atoms with Crippen LogP contribution < -0.4 is 21.5 Å². The lowest BCUT2D eigenvalue weighted by Gasteiger charge is -2.10. The highest BCUT2D eigenvalue weighted by atomic mass is 32.2. The van der Waals surface area contributed by atoms with Crippen LogP contribution in [0.2, 0.25) is 0 Å². The van der Waals surface area contributed by atoms with Gasteiger partial charge in [-0.1, -0.05) is 18.3 Å². The summed E-state index contributed by atoms with van der Waals surface area (Å²) in [6, 6.07) is 3.89. The van der Waals surface area contributed by atoms with Crippen molar-refractivity contribution in [2.75, 3.05) is 13.1 Å². The minimum absolute atomic E-state index is 0.0434. The largest absolute Gasteiger partial charge is 0.389 e. The van der Waals surface area contributed by atoms with E-state index >= 15 is 0 Å². The normalized spacial score (nSPS) is 11.1. The van der Waals surface area contributed by atoms with E-state index in [1.807, 2.05) is 0 Å². The summed E-state index contributed by atoms with van der Waals surface area (Å²) in [6.07, 6.45) is 0. The number of amides is 2. The molecule has 0 aliphatic heterocycles. The van der Waals surface area contributed by atoms with E-state index < -0.39 is 16.1 Å². The van der Waals surface area contributed by atoms with Crippen LogP contribution in [-0.4, -0.2) is 32.5 Å². The van der Waals surface area contributed by atoms with Crippen molar-refractivity contribution < 1.29 is 13.2 Å². The molecule has 0 heterocycles. The average molecular weight is 316 g/mol. The number of hydrogen-bond donors (Lipinski definition) is 4. The molecule has 0 unspecified atom stereocenters. The lowest BCUT2D eigenvalue weighted by Crippen LogP contribution is -2.37. The van der Waals surface area contributed by atoms with Gasteiger partial charge in [0, 0.05) is 18.7 Å². The fourth-order valence-electron chi connectivity index (χ4n) is 1.55. The molecule has 1 aromatic rings. The third-order valence-electron chi connectivity index (χ3n) is 2.47. The molecule has 1 rings (SSSR count). The third kappa shape index (κ3) is 4.44. The molecular weight excluding hydrogens is 300 g/mol. The first kappa shape index (κ1) is 16.3. The zero-order valence-corrected chi connectivity index (χ0v) is 12.5. The highest BCUT2D eigenvalue weighted by Crippen LogP contribution is 2.16. The molecule has 20 heavy (non-hydrogen) atoms. The Morgan fingerprint density at radius 2 is 1.95 bits per heavy atom. The van der Waals surface area contributed by atoms with Crippen LogP contribution >= 0.6 is 12.2 Å². The minimum Gasteiger partial charge on any atom is -0.389 e. The van der Waals surface area contributed by atoms with Crippen molar-refractivity contribution in [3.8, 4) is 0 Å². The summed E-state index contributed by atoms with van der Waals surface area (Å²) in [5, 5.41) is 2.29. The second-order valence-electron chi connectivity index (χ2n) is 4.03. The Balaban J connectivity index is 2.82. The van der Waals surface area contributed by atoms with Gasteiger partial charge in [-0.2, -0.15) is 0 Å². The molecule has 0 atom stereocenters. The summed E-state index contributed by atoms with van der Waals surface area (Å²) in [4.78, 5) is 10.8. The van der Waals surface area contributed by atoms with E-state index in [9.17, 15) is 13.2 Å². The Bertz CT molecular complexity index is 629. The van der Waals surface area contributed by atoms with Gasteiger partial charge in [-0.25, -0.2) is 17.9 Å². The van der Waals surface area contributed by atoms with E-state index in [0.717, 1.165) is 0 Å². The first-order valence-electron chi connectivity index (χ1n) is 5.67. The molecule has 0 saturated heterocycles. The van der Waals surface area contributed by atoms with Gasteiger partial charge >= 0.3 is 6.03 Å². The van der Waals surface area contributed by atoms with Crippen molar-refractivity contribution in [1.29, 1.82) is 0 Å². The number of benzene rings is 1. The van der Waals surface area contributed by atoms with E-state index in [4.69, 9.17) is 23.7 Å². The molecule has 2 amide bonds. The topological polar surface area (TPSA) is 127 Å². The van der Waals surface area contributed by atoms with Crippen LogP contribution in [0.4, 0.5) is 4.79 Å².